The molecule has 3 rings (SSSR count). The van der Waals surface area contributed by atoms with Crippen molar-refractivity contribution >= 4 is 11.8 Å². The lowest BCUT2D eigenvalue weighted by Gasteiger charge is -2.26. The molecule has 0 bridgehead atoms. The normalized spacial score (nSPS) is 17.4. The molecule has 0 N–H and O–H groups in total. The maximum Gasteiger partial charge on any atom is 0.248 e. The molecule has 0 saturated carbocycles. The van der Waals surface area contributed by atoms with Gasteiger partial charge in [-0.3, -0.25) is 14.5 Å². The molecule has 1 fully saturated rings. The van der Waals surface area contributed by atoms with Gasteiger partial charge in [-0.1, -0.05) is 30.3 Å². The molecule has 1 aliphatic heterocycles. The van der Waals surface area contributed by atoms with Crippen molar-refractivity contribution in [2.24, 2.45) is 0 Å². The van der Waals surface area contributed by atoms with E-state index in [4.69, 9.17) is 9.15 Å². The summed E-state index contributed by atoms with van der Waals surface area (Å²) in [6, 6.07) is 14.0. The first-order valence-electron chi connectivity index (χ1n) is 11.5. The quantitative estimate of drug-likeness (QED) is 0.567. The van der Waals surface area contributed by atoms with Gasteiger partial charge < -0.3 is 19.0 Å². The van der Waals surface area contributed by atoms with Crippen molar-refractivity contribution < 1.29 is 18.7 Å². The minimum Gasteiger partial charge on any atom is -0.465 e. The van der Waals surface area contributed by atoms with Gasteiger partial charge in [-0.15, -0.1) is 0 Å². The third-order valence-corrected chi connectivity index (χ3v) is 5.84. The molecule has 7 heteroatoms. The zero-order chi connectivity index (χ0) is 22.9. The topological polar surface area (TPSA) is 66.2 Å². The van der Waals surface area contributed by atoms with Crippen LogP contribution in [0, 0.1) is 6.92 Å². The maximum absolute atomic E-state index is 13.0. The standard InChI is InChI=1S/C25H35N3O4/c1-4-27(5-2)25(30)19-31-23-16-26(15-22-12-11-20(3)32-22)18-24(29)28(17-23)14-13-21-9-7-6-8-10-21/h6-12,23H,4-5,13-19H2,1-3H3/t23-/m1/s1. The average molecular weight is 442 g/mol. The second-order valence-electron chi connectivity index (χ2n) is 8.26. The predicted octanol–water partition coefficient (Wildman–Crippen LogP) is 2.73. The lowest BCUT2D eigenvalue weighted by atomic mass is 10.1. The third-order valence-electron chi connectivity index (χ3n) is 5.84. The van der Waals surface area contributed by atoms with E-state index in [9.17, 15) is 9.59 Å². The Labute approximate surface area is 190 Å². The Hall–Kier alpha value is -2.64. The van der Waals surface area contributed by atoms with Crippen LogP contribution in [0.1, 0.15) is 30.9 Å². The van der Waals surface area contributed by atoms with Crippen LogP contribution in [-0.4, -0.2) is 78.5 Å². The van der Waals surface area contributed by atoms with Crippen molar-refractivity contribution in [3.8, 4) is 0 Å². The van der Waals surface area contributed by atoms with Crippen molar-refractivity contribution in [3.63, 3.8) is 0 Å². The Kier molecular flexibility index (Phi) is 8.88. The molecule has 0 unspecified atom stereocenters. The maximum atomic E-state index is 13.0. The second kappa shape index (κ2) is 11.8. The van der Waals surface area contributed by atoms with E-state index in [1.807, 2.05) is 56.0 Å². The number of carbonyl (C=O) groups is 2. The molecule has 1 aromatic heterocycles. The third kappa shape index (κ3) is 6.93. The Morgan fingerprint density at radius 2 is 1.88 bits per heavy atom. The van der Waals surface area contributed by atoms with Crippen molar-refractivity contribution in [2.45, 2.75) is 39.8 Å². The fourth-order valence-electron chi connectivity index (χ4n) is 4.05. The first-order valence-corrected chi connectivity index (χ1v) is 11.5. The summed E-state index contributed by atoms with van der Waals surface area (Å²) in [6.07, 6.45) is 0.544. The zero-order valence-electron chi connectivity index (χ0n) is 19.5. The Bertz CT molecular complexity index is 863. The number of likely N-dealkylation sites (N-methyl/N-ethyl adjacent to an activating group) is 1. The first kappa shape index (κ1) is 24.0. The number of carbonyl (C=O) groups excluding carboxylic acids is 2. The highest BCUT2D eigenvalue weighted by molar-refractivity contribution is 5.79. The van der Waals surface area contributed by atoms with E-state index in [1.54, 1.807) is 4.90 Å². The van der Waals surface area contributed by atoms with Gasteiger partial charge in [0, 0.05) is 32.7 Å². The smallest absolute Gasteiger partial charge is 0.248 e. The summed E-state index contributed by atoms with van der Waals surface area (Å²) in [5.74, 6) is 1.73. The Morgan fingerprint density at radius 1 is 1.12 bits per heavy atom. The number of hydrogen-bond donors (Lipinski definition) is 0. The van der Waals surface area contributed by atoms with Gasteiger partial charge in [-0.05, 0) is 44.9 Å². The molecule has 1 aromatic carbocycles. The van der Waals surface area contributed by atoms with Crippen LogP contribution < -0.4 is 0 Å². The SMILES string of the molecule is CCN(CC)C(=O)CO[C@@H]1CN(Cc2ccc(C)o2)CC(=O)N(CCc2ccccc2)C1. The Morgan fingerprint density at radius 3 is 2.53 bits per heavy atom. The second-order valence-corrected chi connectivity index (χ2v) is 8.26. The predicted molar refractivity (Wildman–Crippen MR) is 123 cm³/mol. The van der Waals surface area contributed by atoms with Crippen LogP contribution in [0.3, 0.4) is 0 Å². The van der Waals surface area contributed by atoms with Crippen LogP contribution in [0.2, 0.25) is 0 Å². The minimum atomic E-state index is -0.243. The highest BCUT2D eigenvalue weighted by Gasteiger charge is 2.29. The summed E-state index contributed by atoms with van der Waals surface area (Å²) < 4.78 is 11.8. The highest BCUT2D eigenvalue weighted by atomic mass is 16.5. The number of nitrogens with zero attached hydrogens (tertiary/aromatic N) is 3. The number of hydrogen-bond acceptors (Lipinski definition) is 5. The fraction of sp³-hybridized carbons (Fsp3) is 0.520. The number of ether oxygens (including phenoxy) is 1. The van der Waals surface area contributed by atoms with E-state index >= 15 is 0 Å². The number of amides is 2. The van der Waals surface area contributed by atoms with Gasteiger partial charge >= 0.3 is 0 Å². The summed E-state index contributed by atoms with van der Waals surface area (Å²) in [7, 11) is 0. The minimum absolute atomic E-state index is 0.0189. The summed E-state index contributed by atoms with van der Waals surface area (Å²) >= 11 is 0. The molecule has 2 heterocycles. The van der Waals surface area contributed by atoms with Crippen LogP contribution in [0.5, 0.6) is 0 Å². The van der Waals surface area contributed by atoms with Gasteiger partial charge in [0.05, 0.1) is 19.2 Å². The lowest BCUT2D eigenvalue weighted by molar-refractivity contribution is -0.138. The number of rotatable bonds is 10. The van der Waals surface area contributed by atoms with Crippen molar-refractivity contribution in [3.05, 3.63) is 59.5 Å². The molecule has 1 aliphatic rings. The van der Waals surface area contributed by atoms with Crippen LogP contribution in [-0.2, 0) is 27.3 Å². The van der Waals surface area contributed by atoms with E-state index < -0.39 is 0 Å². The molecule has 1 atom stereocenters. The largest absolute Gasteiger partial charge is 0.465 e. The van der Waals surface area contributed by atoms with Crippen LogP contribution in [0.15, 0.2) is 46.9 Å². The van der Waals surface area contributed by atoms with Crippen LogP contribution >= 0.6 is 0 Å². The molecule has 0 radical (unpaired) electrons. The molecular weight excluding hydrogens is 406 g/mol. The summed E-state index contributed by atoms with van der Waals surface area (Å²) in [6.45, 7) is 9.70. The van der Waals surface area contributed by atoms with Gasteiger partial charge in [0.1, 0.15) is 18.1 Å². The molecule has 0 aliphatic carbocycles. The molecule has 174 valence electrons. The van der Waals surface area contributed by atoms with E-state index in [1.165, 1.54) is 5.56 Å². The van der Waals surface area contributed by atoms with E-state index in [-0.39, 0.29) is 24.5 Å². The Balaban J connectivity index is 1.67. The van der Waals surface area contributed by atoms with Gasteiger partial charge in [0.25, 0.3) is 0 Å². The van der Waals surface area contributed by atoms with E-state index in [0.29, 0.717) is 45.8 Å². The lowest BCUT2D eigenvalue weighted by Crippen LogP contribution is -2.41. The molecule has 32 heavy (non-hydrogen) atoms. The zero-order valence-corrected chi connectivity index (χ0v) is 19.5. The number of aryl methyl sites for hydroxylation is 1. The molecule has 0 spiro atoms. The molecule has 2 amide bonds. The fourth-order valence-corrected chi connectivity index (χ4v) is 4.05. The van der Waals surface area contributed by atoms with Gasteiger partial charge in [0.15, 0.2) is 0 Å². The summed E-state index contributed by atoms with van der Waals surface area (Å²) in [5, 5.41) is 0. The average Bonchev–Trinajstić information content (AvgIpc) is 3.13. The molecular formula is C25H35N3O4. The number of furan rings is 1. The van der Waals surface area contributed by atoms with Crippen molar-refractivity contribution in [1.82, 2.24) is 14.7 Å². The molecule has 1 saturated heterocycles. The summed E-state index contributed by atoms with van der Waals surface area (Å²) in [4.78, 5) is 31.2. The van der Waals surface area contributed by atoms with Gasteiger partial charge in [-0.2, -0.15) is 0 Å². The van der Waals surface area contributed by atoms with Crippen molar-refractivity contribution in [2.75, 3.05) is 45.9 Å². The highest BCUT2D eigenvalue weighted by Crippen LogP contribution is 2.15. The first-order chi connectivity index (χ1) is 15.5. The van der Waals surface area contributed by atoms with E-state index in [2.05, 4.69) is 17.0 Å². The molecule has 7 nitrogen and oxygen atoms in total. The van der Waals surface area contributed by atoms with Crippen LogP contribution in [0.4, 0.5) is 0 Å². The monoisotopic (exact) mass is 441 g/mol. The van der Waals surface area contributed by atoms with Crippen LogP contribution in [0.25, 0.3) is 0 Å². The molecule has 2 aromatic rings. The van der Waals surface area contributed by atoms with E-state index in [0.717, 1.165) is 17.9 Å². The van der Waals surface area contributed by atoms with Crippen molar-refractivity contribution in [1.29, 1.82) is 0 Å². The summed E-state index contributed by atoms with van der Waals surface area (Å²) in [5.41, 5.74) is 1.20. The number of benzene rings is 1. The van der Waals surface area contributed by atoms with Gasteiger partial charge in [-0.25, -0.2) is 0 Å². The van der Waals surface area contributed by atoms with Gasteiger partial charge in [0.2, 0.25) is 11.8 Å².